The quantitative estimate of drug-likeness (QED) is 0.288. The van der Waals surface area contributed by atoms with Gasteiger partial charge in [-0.1, -0.05) is 22.4 Å². The first-order valence-electron chi connectivity index (χ1n) is 8.54. The van der Waals surface area contributed by atoms with Crippen molar-refractivity contribution in [2.45, 2.75) is 18.4 Å². The Morgan fingerprint density at radius 1 is 1.13 bits per heavy atom. The molecule has 2 aromatic heterocycles. The van der Waals surface area contributed by atoms with Crippen molar-refractivity contribution in [3.63, 3.8) is 0 Å². The van der Waals surface area contributed by atoms with Crippen molar-refractivity contribution in [2.75, 3.05) is 20.4 Å². The molecular weight excluding hydrogens is 451 g/mol. The molecule has 0 bridgehead atoms. The van der Waals surface area contributed by atoms with Gasteiger partial charge in [-0.3, -0.25) is 4.57 Å². The molecule has 0 saturated heterocycles. The average Bonchev–Trinajstić information content (AvgIpc) is 3.22. The van der Waals surface area contributed by atoms with E-state index < -0.39 is 17.7 Å². The van der Waals surface area contributed by atoms with Crippen molar-refractivity contribution >= 4 is 29.2 Å². The van der Waals surface area contributed by atoms with Crippen LogP contribution in [0.25, 0.3) is 10.7 Å². The van der Waals surface area contributed by atoms with Crippen LogP contribution < -0.4 is 4.68 Å². The van der Waals surface area contributed by atoms with Gasteiger partial charge in [0.05, 0.1) is 9.38 Å². The summed E-state index contributed by atoms with van der Waals surface area (Å²) in [6.45, 7) is 2.27. The van der Waals surface area contributed by atoms with Gasteiger partial charge in [0.2, 0.25) is 6.20 Å². The van der Waals surface area contributed by atoms with Gasteiger partial charge in [-0.05, 0) is 25.1 Å². The minimum Gasteiger partial charge on any atom is -0.744 e. The number of benzene rings is 1. The number of hydrogen-bond donors (Lipinski definition) is 0. The smallest absolute Gasteiger partial charge is 0.336 e. The van der Waals surface area contributed by atoms with E-state index in [1.165, 1.54) is 37.9 Å². The summed E-state index contributed by atoms with van der Waals surface area (Å²) >= 11 is 1.29. The van der Waals surface area contributed by atoms with Crippen molar-refractivity contribution in [1.82, 2.24) is 14.5 Å². The summed E-state index contributed by atoms with van der Waals surface area (Å²) in [6.07, 6.45) is 5.44. The molecule has 0 spiro atoms. The maximum Gasteiger partial charge on any atom is 0.336 e. The predicted molar refractivity (Wildman–Crippen MR) is 109 cm³/mol. The summed E-state index contributed by atoms with van der Waals surface area (Å²) in [5, 5.41) is 0. The predicted octanol–water partition coefficient (Wildman–Crippen LogP) is 2.27. The molecule has 0 unspecified atom stereocenters. The Balaban J connectivity index is 0.000000248. The first kappa shape index (κ1) is 24.2. The molecule has 2 heterocycles. The Labute approximate surface area is 179 Å². The molecule has 30 heavy (non-hydrogen) atoms. The van der Waals surface area contributed by atoms with Gasteiger partial charge in [0.15, 0.2) is 17.2 Å². The van der Waals surface area contributed by atoms with Gasteiger partial charge in [-0.2, -0.15) is 0 Å². The lowest BCUT2D eigenvalue weighted by atomic mass is 10.2. The third kappa shape index (κ3) is 7.31. The van der Waals surface area contributed by atoms with E-state index in [0.29, 0.717) is 12.4 Å². The fourth-order valence-corrected chi connectivity index (χ4v) is 4.21. The summed E-state index contributed by atoms with van der Waals surface area (Å²) in [7, 11) is -4.52. The molecule has 0 amide bonds. The van der Waals surface area contributed by atoms with Crippen molar-refractivity contribution in [3.05, 3.63) is 54.5 Å². The summed E-state index contributed by atoms with van der Waals surface area (Å²) in [5.74, 6) is 0.625. The van der Waals surface area contributed by atoms with E-state index in [4.69, 9.17) is 9.05 Å². The van der Waals surface area contributed by atoms with E-state index in [-0.39, 0.29) is 11.1 Å². The maximum absolute atomic E-state index is 11.9. The normalized spacial score (nSPS) is 11.6. The maximum atomic E-state index is 11.9. The van der Waals surface area contributed by atoms with Crippen LogP contribution >= 0.6 is 19.1 Å². The number of aromatic nitrogens is 4. The summed E-state index contributed by atoms with van der Waals surface area (Å²) in [4.78, 5) is 8.97. The van der Waals surface area contributed by atoms with E-state index >= 15 is 0 Å². The summed E-state index contributed by atoms with van der Waals surface area (Å²) < 4.78 is 58.7. The van der Waals surface area contributed by atoms with Crippen LogP contribution in [0.4, 0.5) is 0 Å². The van der Waals surface area contributed by atoms with Crippen molar-refractivity contribution in [2.24, 2.45) is 0 Å². The highest BCUT2D eigenvalue weighted by atomic mass is 32.2. The van der Waals surface area contributed by atoms with E-state index in [0.717, 1.165) is 10.4 Å². The largest absolute Gasteiger partial charge is 0.744 e. The molecule has 3 rings (SSSR count). The Morgan fingerprint density at radius 3 is 2.27 bits per heavy atom. The van der Waals surface area contributed by atoms with Crippen LogP contribution in [0, 0.1) is 6.92 Å². The van der Waals surface area contributed by atoms with Gasteiger partial charge in [0.25, 0.3) is 0 Å². The molecule has 1 aromatic carbocycles. The van der Waals surface area contributed by atoms with Crippen LogP contribution in [-0.4, -0.2) is 47.8 Å². The minimum atomic E-state index is -4.27. The summed E-state index contributed by atoms with van der Waals surface area (Å²) in [5.41, 5.74) is 0.928. The van der Waals surface area contributed by atoms with Crippen LogP contribution in [0.3, 0.4) is 0 Å². The molecular formula is C17H21N4O6PS2. The molecule has 162 valence electrons. The molecule has 0 radical (unpaired) electrons. The molecule has 0 aliphatic carbocycles. The Morgan fingerprint density at radius 2 is 1.73 bits per heavy atom. The zero-order chi connectivity index (χ0) is 22.2. The SMILES string of the molecule is COP(=O)(CC[n+]1cc(-c2ncccn2)sn1)OC.Cc1ccc(S(=O)(=O)[O-])cc1. The second-order valence-electron chi connectivity index (χ2n) is 5.87. The number of nitrogens with zero attached hydrogens (tertiary/aromatic N) is 4. The van der Waals surface area contributed by atoms with Crippen LogP contribution in [0.2, 0.25) is 0 Å². The van der Waals surface area contributed by atoms with Crippen LogP contribution in [0.5, 0.6) is 0 Å². The molecule has 0 N–H and O–H groups in total. The Bertz CT molecular complexity index is 1080. The molecule has 10 nitrogen and oxygen atoms in total. The highest BCUT2D eigenvalue weighted by molar-refractivity contribution is 7.85. The number of hydrogen-bond acceptors (Lipinski definition) is 10. The first-order valence-corrected chi connectivity index (χ1v) is 12.4. The Kier molecular flexibility index (Phi) is 8.71. The second-order valence-corrected chi connectivity index (χ2v) is 10.4. The molecule has 0 aliphatic heterocycles. The van der Waals surface area contributed by atoms with Gasteiger partial charge in [-0.25, -0.2) is 18.4 Å². The molecule has 0 aliphatic rings. The average molecular weight is 472 g/mol. The molecule has 0 atom stereocenters. The van der Waals surface area contributed by atoms with E-state index in [1.807, 2.05) is 13.1 Å². The van der Waals surface area contributed by atoms with Gasteiger partial charge in [0, 0.05) is 38.1 Å². The zero-order valence-electron chi connectivity index (χ0n) is 16.5. The lowest BCUT2D eigenvalue weighted by Gasteiger charge is -2.09. The fraction of sp³-hybridized carbons (Fsp3) is 0.294. The fourth-order valence-electron chi connectivity index (χ4n) is 2.10. The van der Waals surface area contributed by atoms with E-state index in [1.54, 1.807) is 35.3 Å². The van der Waals surface area contributed by atoms with E-state index in [2.05, 4.69) is 14.5 Å². The lowest BCUT2D eigenvalue weighted by Crippen LogP contribution is -2.36. The second kappa shape index (κ2) is 10.8. The van der Waals surface area contributed by atoms with E-state index in [9.17, 15) is 17.5 Å². The highest BCUT2D eigenvalue weighted by Gasteiger charge is 2.24. The topological polar surface area (TPSA) is 135 Å². The molecule has 0 fully saturated rings. The van der Waals surface area contributed by atoms with Crippen LogP contribution in [-0.2, 0) is 30.3 Å². The third-order valence-corrected chi connectivity index (χ3v) is 7.25. The van der Waals surface area contributed by atoms with Gasteiger partial charge in [0.1, 0.15) is 16.3 Å². The van der Waals surface area contributed by atoms with Gasteiger partial charge >= 0.3 is 7.60 Å². The van der Waals surface area contributed by atoms with Crippen LogP contribution in [0.15, 0.2) is 53.8 Å². The molecule has 0 saturated carbocycles. The first-order chi connectivity index (χ1) is 14.2. The standard InChI is InChI=1S/C10H14N4O3PS.C7H8O3S/c1-16-18(15,17-2)7-6-14-8-9(19-13-14)10-11-4-3-5-12-10;1-6-2-4-7(5-3-6)11(8,9)10/h3-5,8H,6-7H2,1-2H3;2-5H,1H3,(H,8,9,10)/q+1;/p-1. The minimum absolute atomic E-state index is 0.178. The zero-order valence-corrected chi connectivity index (χ0v) is 19.1. The number of aryl methyl sites for hydroxylation is 2. The highest BCUT2D eigenvalue weighted by Crippen LogP contribution is 2.45. The monoisotopic (exact) mass is 472 g/mol. The van der Waals surface area contributed by atoms with Crippen molar-refractivity contribution in [3.8, 4) is 10.7 Å². The Hall–Kier alpha value is -2.08. The van der Waals surface area contributed by atoms with Crippen molar-refractivity contribution < 1.29 is 31.3 Å². The van der Waals surface area contributed by atoms with Gasteiger partial charge in [-0.15, -0.1) is 0 Å². The molecule has 13 heteroatoms. The summed E-state index contributed by atoms with van der Waals surface area (Å²) in [6, 6.07) is 7.54. The third-order valence-electron chi connectivity index (χ3n) is 3.77. The molecule has 3 aromatic rings. The van der Waals surface area contributed by atoms with Gasteiger partial charge < -0.3 is 13.6 Å². The van der Waals surface area contributed by atoms with Crippen molar-refractivity contribution in [1.29, 1.82) is 0 Å². The lowest BCUT2D eigenvalue weighted by molar-refractivity contribution is -0.742. The number of rotatable bonds is 7. The van der Waals surface area contributed by atoms with Crippen LogP contribution in [0.1, 0.15) is 5.56 Å².